The van der Waals surface area contributed by atoms with Gasteiger partial charge in [0, 0.05) is 0 Å². The van der Waals surface area contributed by atoms with Crippen LogP contribution in [0, 0.1) is 0 Å². The molecule has 0 aromatic rings. The number of hydrogen-bond acceptors (Lipinski definition) is 4. The largest absolute Gasteiger partial charge is 0.466 e. The fourth-order valence-corrected chi connectivity index (χ4v) is 0. The average Bonchev–Trinajstić information content (AvgIpc) is 1.41. The van der Waals surface area contributed by atoms with Gasteiger partial charge in [-0.05, 0) is 0 Å². The zero-order valence-corrected chi connectivity index (χ0v) is 9.12. The molecular formula is H8O12P2S. The molecule has 0 aliphatic rings. The first-order chi connectivity index (χ1) is 6.00. The van der Waals surface area contributed by atoms with E-state index in [1.54, 1.807) is 0 Å². The molecular weight excluding hydrogens is 286 g/mol. The summed E-state index contributed by atoms with van der Waals surface area (Å²) in [4.78, 5) is 43.1. The van der Waals surface area contributed by atoms with E-state index in [1.807, 2.05) is 0 Å². The molecule has 0 radical (unpaired) electrons. The van der Waals surface area contributed by atoms with Crippen LogP contribution in [0.4, 0.5) is 0 Å². The van der Waals surface area contributed by atoms with Gasteiger partial charge in [0.05, 0.1) is 0 Å². The molecule has 0 aromatic heterocycles. The van der Waals surface area contributed by atoms with E-state index in [0.29, 0.717) is 0 Å². The van der Waals surface area contributed by atoms with Crippen molar-refractivity contribution in [3.63, 3.8) is 0 Å². The van der Waals surface area contributed by atoms with Crippen LogP contribution in [0.5, 0.6) is 0 Å². The van der Waals surface area contributed by atoms with Crippen molar-refractivity contribution < 1.29 is 56.0 Å². The molecule has 0 rings (SSSR count). The van der Waals surface area contributed by atoms with Gasteiger partial charge in [0.25, 0.3) is 0 Å². The van der Waals surface area contributed by atoms with Crippen LogP contribution in [0.3, 0.4) is 0 Å². The standard InChI is InChI=1S/2H3O4P.H2O4S/c3*1-5(2,3)4/h2*(H3,1,2,3,4);(H2,1,2,3,4). The second kappa shape index (κ2) is 7.38. The van der Waals surface area contributed by atoms with Gasteiger partial charge in [-0.2, -0.15) is 8.42 Å². The Morgan fingerprint density at radius 3 is 0.667 bits per heavy atom. The van der Waals surface area contributed by atoms with E-state index in [2.05, 4.69) is 0 Å². The van der Waals surface area contributed by atoms with Crippen LogP contribution in [0.1, 0.15) is 0 Å². The minimum Gasteiger partial charge on any atom is -0.303 e. The summed E-state index contributed by atoms with van der Waals surface area (Å²) in [6, 6.07) is 0. The van der Waals surface area contributed by atoms with Crippen molar-refractivity contribution in [3.05, 3.63) is 0 Å². The molecule has 0 heterocycles. The van der Waals surface area contributed by atoms with Crippen LogP contribution in [0.25, 0.3) is 0 Å². The average molecular weight is 294 g/mol. The number of hydrogen-bond donors (Lipinski definition) is 8. The second-order valence-corrected chi connectivity index (χ2v) is 4.42. The molecule has 0 aliphatic heterocycles. The first-order valence-electron chi connectivity index (χ1n) is 2.26. The van der Waals surface area contributed by atoms with Crippen molar-refractivity contribution >= 4 is 26.0 Å². The Kier molecular flexibility index (Phi) is 10.1. The van der Waals surface area contributed by atoms with Gasteiger partial charge < -0.3 is 29.4 Å². The highest BCUT2D eigenvalue weighted by Crippen LogP contribution is 2.26. The molecule has 0 aromatic carbocycles. The monoisotopic (exact) mass is 294 g/mol. The Hall–Kier alpha value is 0.0900. The molecule has 0 bridgehead atoms. The summed E-state index contributed by atoms with van der Waals surface area (Å²) in [5, 5.41) is 0. The highest BCUT2D eigenvalue weighted by molar-refractivity contribution is 7.79. The van der Waals surface area contributed by atoms with E-state index in [9.17, 15) is 0 Å². The third kappa shape index (κ3) is 254000. The summed E-state index contributed by atoms with van der Waals surface area (Å²) < 4.78 is 49.3. The summed E-state index contributed by atoms with van der Waals surface area (Å²) in [6.07, 6.45) is 0. The predicted octanol–water partition coefficient (Wildman–Crippen LogP) is -2.51. The first-order valence-corrected chi connectivity index (χ1v) is 6.79. The zero-order valence-electron chi connectivity index (χ0n) is 6.51. The number of phosphoric acid groups is 2. The Bertz CT molecular complexity index is 278. The fourth-order valence-electron chi connectivity index (χ4n) is 0. The lowest BCUT2D eigenvalue weighted by Crippen LogP contribution is -1.89. The molecule has 0 aliphatic carbocycles. The molecule has 0 atom stereocenters. The van der Waals surface area contributed by atoms with Crippen molar-refractivity contribution in [1.82, 2.24) is 0 Å². The van der Waals surface area contributed by atoms with Gasteiger partial charge in [0.15, 0.2) is 0 Å². The molecule has 8 N–H and O–H groups in total. The van der Waals surface area contributed by atoms with Gasteiger partial charge >= 0.3 is 26.0 Å². The van der Waals surface area contributed by atoms with E-state index in [1.165, 1.54) is 0 Å². The molecule has 15 heteroatoms. The summed E-state index contributed by atoms with van der Waals surface area (Å²) in [7, 11) is -13.9. The number of rotatable bonds is 0. The third-order valence-corrected chi connectivity index (χ3v) is 0. The van der Waals surface area contributed by atoms with Crippen molar-refractivity contribution in [3.8, 4) is 0 Å². The maximum Gasteiger partial charge on any atom is 0.466 e. The van der Waals surface area contributed by atoms with Gasteiger partial charge in [0.1, 0.15) is 0 Å². The minimum atomic E-state index is -4.67. The molecule has 0 spiro atoms. The zero-order chi connectivity index (χ0) is 13.5. The Morgan fingerprint density at radius 1 is 0.667 bits per heavy atom. The maximum atomic E-state index is 8.88. The van der Waals surface area contributed by atoms with Gasteiger partial charge in [0.2, 0.25) is 0 Å². The Morgan fingerprint density at radius 2 is 0.667 bits per heavy atom. The predicted molar refractivity (Wildman–Crippen MR) is 42.7 cm³/mol. The highest BCUT2D eigenvalue weighted by Gasteiger charge is 2.00. The topological polar surface area (TPSA) is 230 Å². The minimum absolute atomic E-state index is 4.64. The van der Waals surface area contributed by atoms with E-state index in [-0.39, 0.29) is 0 Å². The first kappa shape index (κ1) is 20.5. The Labute approximate surface area is 82.9 Å². The molecule has 0 saturated heterocycles. The molecule has 0 unspecified atom stereocenters. The van der Waals surface area contributed by atoms with E-state index in [0.717, 1.165) is 0 Å². The quantitative estimate of drug-likeness (QED) is 0.171. The third-order valence-electron chi connectivity index (χ3n) is 0. The van der Waals surface area contributed by atoms with Gasteiger partial charge in [-0.25, -0.2) is 9.13 Å². The lowest BCUT2D eigenvalue weighted by atomic mass is 15.8. The van der Waals surface area contributed by atoms with Gasteiger partial charge in [-0.15, -0.1) is 0 Å². The van der Waals surface area contributed by atoms with Crippen molar-refractivity contribution in [2.45, 2.75) is 0 Å². The lowest BCUT2D eigenvalue weighted by Gasteiger charge is -1.82. The smallest absolute Gasteiger partial charge is 0.303 e. The van der Waals surface area contributed by atoms with Gasteiger partial charge in [-0.1, -0.05) is 0 Å². The van der Waals surface area contributed by atoms with Crippen LogP contribution in [0.2, 0.25) is 0 Å². The lowest BCUT2D eigenvalue weighted by molar-refractivity contribution is 0.272. The van der Waals surface area contributed by atoms with Crippen molar-refractivity contribution in [1.29, 1.82) is 0 Å². The summed E-state index contributed by atoms with van der Waals surface area (Å²) in [5.74, 6) is 0. The van der Waals surface area contributed by atoms with Gasteiger partial charge in [-0.3, -0.25) is 9.11 Å². The van der Waals surface area contributed by atoms with Crippen LogP contribution < -0.4 is 0 Å². The Balaban J connectivity index is -0.000000144. The molecule has 0 amide bonds. The van der Waals surface area contributed by atoms with Crippen molar-refractivity contribution in [2.75, 3.05) is 0 Å². The van der Waals surface area contributed by atoms with E-state index < -0.39 is 26.0 Å². The SMILES string of the molecule is O=P(O)(O)O.O=P(O)(O)O.O=S(=O)(O)O. The molecule has 12 nitrogen and oxygen atoms in total. The van der Waals surface area contributed by atoms with Crippen molar-refractivity contribution in [2.24, 2.45) is 0 Å². The van der Waals surface area contributed by atoms with Crippen LogP contribution in [-0.2, 0) is 19.5 Å². The molecule has 96 valence electrons. The second-order valence-electron chi connectivity index (χ2n) is 1.47. The molecule has 0 fully saturated rings. The maximum absolute atomic E-state index is 8.88. The van der Waals surface area contributed by atoms with E-state index >= 15 is 0 Å². The summed E-state index contributed by atoms with van der Waals surface area (Å²) >= 11 is 0. The summed E-state index contributed by atoms with van der Waals surface area (Å²) in [6.45, 7) is 0. The highest BCUT2D eigenvalue weighted by atomic mass is 32.3. The van der Waals surface area contributed by atoms with Crippen LogP contribution >= 0.6 is 15.6 Å². The van der Waals surface area contributed by atoms with Crippen LogP contribution in [-0.4, -0.2) is 46.9 Å². The normalized spacial score (nSPS) is 11.7. The van der Waals surface area contributed by atoms with Crippen LogP contribution in [0.15, 0.2) is 0 Å². The molecule has 0 saturated carbocycles. The molecule has 15 heavy (non-hydrogen) atoms. The summed E-state index contributed by atoms with van der Waals surface area (Å²) in [5.41, 5.74) is 0. The van der Waals surface area contributed by atoms with E-state index in [4.69, 9.17) is 56.0 Å². The fraction of sp³-hybridized carbons (Fsp3) is 0.